The van der Waals surface area contributed by atoms with Crippen LogP contribution in [0.2, 0.25) is 0 Å². The molecule has 57 heavy (non-hydrogen) atoms. The van der Waals surface area contributed by atoms with Gasteiger partial charge in [0.05, 0.1) is 16.4 Å². The topological polar surface area (TPSA) is 14.2 Å². The minimum atomic E-state index is -0.661. The second kappa shape index (κ2) is 12.3. The molecule has 2 nitrogen and oxygen atoms in total. The second-order valence-corrected chi connectivity index (χ2v) is 15.2. The van der Waals surface area contributed by atoms with E-state index in [-0.39, 0.29) is 0 Å². The molecule has 1 aliphatic heterocycles. The standard InChI is InChI=1S/C55H35NO/c1-5-15-36(16-6-1)39-25-30-50-45(33-39)43-28-29-47-53(54(43)56(50)42-21-11-4-12-22-42)44-23-13-14-24-46(44)55(47)48-34-40(37-17-7-2-8-18-37)26-31-51(48)57-52-32-27-41(35-49(52)55)38-19-9-3-10-20-38/h1-35H. The fourth-order valence-corrected chi connectivity index (χ4v) is 9.81. The Morgan fingerprint density at radius 1 is 0.351 bits per heavy atom. The van der Waals surface area contributed by atoms with Crippen LogP contribution >= 0.6 is 0 Å². The monoisotopic (exact) mass is 725 g/mol. The van der Waals surface area contributed by atoms with Gasteiger partial charge in [0.1, 0.15) is 11.5 Å². The molecular formula is C55H35NO. The Morgan fingerprint density at radius 3 is 1.46 bits per heavy atom. The van der Waals surface area contributed by atoms with Crippen LogP contribution in [0.4, 0.5) is 0 Å². The van der Waals surface area contributed by atoms with Gasteiger partial charge in [-0.15, -0.1) is 0 Å². The van der Waals surface area contributed by atoms with Gasteiger partial charge in [-0.05, 0) is 98.6 Å². The molecule has 0 bridgehead atoms. The zero-order valence-corrected chi connectivity index (χ0v) is 31.1. The fraction of sp³-hybridized carbons (Fsp3) is 0.0182. The Balaban J connectivity index is 1.24. The Morgan fingerprint density at radius 2 is 0.860 bits per heavy atom. The van der Waals surface area contributed by atoms with Gasteiger partial charge in [0.2, 0.25) is 0 Å². The number of rotatable bonds is 4. The lowest BCUT2D eigenvalue weighted by molar-refractivity contribution is 0.436. The normalized spacial score (nSPS) is 13.2. The highest BCUT2D eigenvalue weighted by molar-refractivity contribution is 6.17. The molecule has 0 atom stereocenters. The van der Waals surface area contributed by atoms with Crippen molar-refractivity contribution >= 4 is 21.8 Å². The summed E-state index contributed by atoms with van der Waals surface area (Å²) in [5.41, 5.74) is 17.3. The van der Waals surface area contributed by atoms with Crippen molar-refractivity contribution in [1.29, 1.82) is 0 Å². The van der Waals surface area contributed by atoms with Crippen molar-refractivity contribution in [2.45, 2.75) is 5.41 Å². The van der Waals surface area contributed by atoms with E-state index < -0.39 is 5.41 Å². The van der Waals surface area contributed by atoms with E-state index in [4.69, 9.17) is 4.74 Å². The molecule has 2 heterocycles. The molecule has 2 aliphatic rings. The van der Waals surface area contributed by atoms with Crippen LogP contribution in [-0.2, 0) is 5.41 Å². The first-order valence-corrected chi connectivity index (χ1v) is 19.7. The summed E-state index contributed by atoms with van der Waals surface area (Å²) in [5, 5.41) is 2.47. The second-order valence-electron chi connectivity index (χ2n) is 15.2. The Hall–Kier alpha value is -7.42. The average Bonchev–Trinajstić information content (AvgIpc) is 3.78. The number of ether oxygens (including phenoxy) is 1. The van der Waals surface area contributed by atoms with Crippen LogP contribution in [0, 0.1) is 0 Å². The van der Waals surface area contributed by atoms with Gasteiger partial charge < -0.3 is 9.30 Å². The van der Waals surface area contributed by atoms with Gasteiger partial charge in [-0.2, -0.15) is 0 Å². The van der Waals surface area contributed by atoms with Gasteiger partial charge in [-0.1, -0.05) is 164 Å². The number of hydrogen-bond donors (Lipinski definition) is 0. The SMILES string of the molecule is c1ccc(-c2ccc3c(c2)C2(c4cc(-c5ccccc5)ccc4O3)c3ccccc3-c3c2ccc2c4cc(-c5ccccc5)ccc4n(-c4ccccc4)c32)cc1. The van der Waals surface area contributed by atoms with Gasteiger partial charge in [0, 0.05) is 33.2 Å². The Kier molecular flexibility index (Phi) is 6.88. The molecule has 9 aromatic carbocycles. The maximum absolute atomic E-state index is 6.95. The summed E-state index contributed by atoms with van der Waals surface area (Å²) in [7, 11) is 0. The third-order valence-electron chi connectivity index (χ3n) is 12.3. The highest BCUT2D eigenvalue weighted by Gasteiger charge is 2.52. The third-order valence-corrected chi connectivity index (χ3v) is 12.3. The van der Waals surface area contributed by atoms with E-state index in [2.05, 4.69) is 217 Å². The van der Waals surface area contributed by atoms with Crippen LogP contribution in [0.25, 0.3) is 72.0 Å². The van der Waals surface area contributed by atoms with Crippen molar-refractivity contribution in [2.75, 3.05) is 0 Å². The van der Waals surface area contributed by atoms with E-state index in [0.29, 0.717) is 0 Å². The largest absolute Gasteiger partial charge is 0.457 e. The fourth-order valence-electron chi connectivity index (χ4n) is 9.81. The predicted octanol–water partition coefficient (Wildman–Crippen LogP) is 14.3. The number of fused-ring (bicyclic) bond motifs is 13. The summed E-state index contributed by atoms with van der Waals surface area (Å²) in [5.74, 6) is 1.77. The first-order valence-electron chi connectivity index (χ1n) is 19.7. The summed E-state index contributed by atoms with van der Waals surface area (Å²) in [6.45, 7) is 0. The van der Waals surface area contributed by atoms with Gasteiger partial charge in [0.15, 0.2) is 0 Å². The molecule has 0 fully saturated rings. The highest BCUT2D eigenvalue weighted by Crippen LogP contribution is 2.64. The van der Waals surface area contributed by atoms with Gasteiger partial charge >= 0.3 is 0 Å². The summed E-state index contributed by atoms with van der Waals surface area (Å²) in [6.07, 6.45) is 0. The molecule has 0 unspecified atom stereocenters. The third kappa shape index (κ3) is 4.59. The quantitative estimate of drug-likeness (QED) is 0.176. The molecule has 0 amide bonds. The molecular weight excluding hydrogens is 691 g/mol. The Labute approximate surface area is 331 Å². The first kappa shape index (κ1) is 31.9. The van der Waals surface area contributed by atoms with Crippen molar-refractivity contribution in [3.8, 4) is 61.7 Å². The number of nitrogens with zero attached hydrogens (tertiary/aromatic N) is 1. The van der Waals surface area contributed by atoms with Crippen LogP contribution in [-0.4, -0.2) is 4.57 Å². The Bertz CT molecular complexity index is 3090. The van der Waals surface area contributed by atoms with Crippen molar-refractivity contribution < 1.29 is 4.74 Å². The average molecular weight is 726 g/mol. The number of aromatic nitrogens is 1. The van der Waals surface area contributed by atoms with Gasteiger partial charge in [-0.25, -0.2) is 0 Å². The first-order chi connectivity index (χ1) is 28.3. The molecule has 0 N–H and O–H groups in total. The number of para-hydroxylation sites is 1. The van der Waals surface area contributed by atoms with Crippen LogP contribution in [0.3, 0.4) is 0 Å². The molecule has 0 radical (unpaired) electrons. The smallest absolute Gasteiger partial charge is 0.132 e. The molecule has 10 aromatic rings. The lowest BCUT2D eigenvalue weighted by Gasteiger charge is -2.40. The number of benzene rings is 9. The lowest BCUT2D eigenvalue weighted by atomic mass is 9.65. The summed E-state index contributed by atoms with van der Waals surface area (Å²) in [6, 6.07) is 77.4. The van der Waals surface area contributed by atoms with Crippen LogP contribution in [0.15, 0.2) is 212 Å². The van der Waals surface area contributed by atoms with E-state index in [1.165, 1.54) is 77.4 Å². The summed E-state index contributed by atoms with van der Waals surface area (Å²) < 4.78 is 9.45. The zero-order valence-electron chi connectivity index (χ0n) is 31.1. The van der Waals surface area contributed by atoms with Crippen molar-refractivity contribution in [2.24, 2.45) is 0 Å². The molecule has 266 valence electrons. The minimum Gasteiger partial charge on any atom is -0.457 e. The lowest BCUT2D eigenvalue weighted by Crippen LogP contribution is -2.32. The maximum Gasteiger partial charge on any atom is 0.132 e. The van der Waals surface area contributed by atoms with Gasteiger partial charge in [-0.3, -0.25) is 0 Å². The number of hydrogen-bond acceptors (Lipinski definition) is 1. The van der Waals surface area contributed by atoms with E-state index >= 15 is 0 Å². The maximum atomic E-state index is 6.95. The van der Waals surface area contributed by atoms with E-state index in [9.17, 15) is 0 Å². The van der Waals surface area contributed by atoms with E-state index in [0.717, 1.165) is 28.3 Å². The molecule has 1 aliphatic carbocycles. The minimum absolute atomic E-state index is 0.661. The van der Waals surface area contributed by atoms with Crippen molar-refractivity contribution in [3.05, 3.63) is 235 Å². The van der Waals surface area contributed by atoms with Crippen molar-refractivity contribution in [3.63, 3.8) is 0 Å². The molecule has 2 heteroatoms. The predicted molar refractivity (Wildman–Crippen MR) is 234 cm³/mol. The molecule has 12 rings (SSSR count). The van der Waals surface area contributed by atoms with Crippen molar-refractivity contribution in [1.82, 2.24) is 4.57 Å². The van der Waals surface area contributed by atoms with Crippen LogP contribution in [0.5, 0.6) is 11.5 Å². The summed E-state index contributed by atoms with van der Waals surface area (Å²) in [4.78, 5) is 0. The van der Waals surface area contributed by atoms with Gasteiger partial charge in [0.25, 0.3) is 0 Å². The zero-order chi connectivity index (χ0) is 37.5. The molecule has 0 saturated heterocycles. The summed E-state index contributed by atoms with van der Waals surface area (Å²) >= 11 is 0. The van der Waals surface area contributed by atoms with Crippen LogP contribution < -0.4 is 4.74 Å². The highest BCUT2D eigenvalue weighted by atomic mass is 16.5. The molecule has 1 spiro atoms. The van der Waals surface area contributed by atoms with Crippen LogP contribution in [0.1, 0.15) is 22.3 Å². The van der Waals surface area contributed by atoms with E-state index in [1.807, 2.05) is 0 Å². The molecule has 0 saturated carbocycles. The van der Waals surface area contributed by atoms with E-state index in [1.54, 1.807) is 0 Å². The molecule has 1 aromatic heterocycles.